The molecule has 100 valence electrons. The minimum absolute atomic E-state index is 0.440. The fraction of sp³-hybridized carbons (Fsp3) is 0.400. The summed E-state index contributed by atoms with van der Waals surface area (Å²) in [5, 5.41) is 16.9. The minimum Gasteiger partial charge on any atom is -0.480 e. The first-order valence-electron chi connectivity index (χ1n) is 4.94. The van der Waals surface area contributed by atoms with Crippen molar-refractivity contribution in [3.8, 4) is 0 Å². The molecule has 8 nitrogen and oxygen atoms in total. The third-order valence-corrected chi connectivity index (χ3v) is 1.93. The highest BCUT2D eigenvalue weighted by atomic mass is 16.4. The lowest BCUT2D eigenvalue weighted by Gasteiger charge is -2.03. The van der Waals surface area contributed by atoms with Gasteiger partial charge in [-0.25, -0.2) is 0 Å². The van der Waals surface area contributed by atoms with Crippen molar-refractivity contribution in [3.63, 3.8) is 0 Å². The van der Waals surface area contributed by atoms with E-state index in [4.69, 9.17) is 21.7 Å². The van der Waals surface area contributed by atoms with Gasteiger partial charge < -0.3 is 21.7 Å². The number of rotatable bonds is 8. The summed E-state index contributed by atoms with van der Waals surface area (Å²) in [6.07, 6.45) is 0.841. The predicted octanol–water partition coefficient (Wildman–Crippen LogP) is -1.72. The summed E-state index contributed by atoms with van der Waals surface area (Å²) >= 11 is 0. The van der Waals surface area contributed by atoms with Crippen LogP contribution in [0, 0.1) is 0 Å². The zero-order valence-corrected chi connectivity index (χ0v) is 9.41. The Morgan fingerprint density at radius 1 is 0.833 bits per heavy atom. The number of hydrogen-bond donors (Lipinski definition) is 4. The minimum atomic E-state index is -1.33. The SMILES string of the molecule is NC(CC(=O)/C=C\C(=O)CC(N)C(=O)O)C(=O)O. The summed E-state index contributed by atoms with van der Waals surface area (Å²) in [5.74, 6) is -3.92. The maximum absolute atomic E-state index is 11.2. The van der Waals surface area contributed by atoms with Gasteiger partial charge in [-0.15, -0.1) is 0 Å². The summed E-state index contributed by atoms with van der Waals surface area (Å²) in [6, 6.07) is -2.67. The molecule has 0 aliphatic rings. The van der Waals surface area contributed by atoms with Crippen molar-refractivity contribution >= 4 is 23.5 Å². The van der Waals surface area contributed by atoms with Crippen LogP contribution in [0.3, 0.4) is 0 Å². The van der Waals surface area contributed by atoms with Crippen LogP contribution in [0.2, 0.25) is 0 Å². The van der Waals surface area contributed by atoms with Crippen LogP contribution in [0.4, 0.5) is 0 Å². The first-order chi connectivity index (χ1) is 8.23. The predicted molar refractivity (Wildman–Crippen MR) is 59.6 cm³/mol. The maximum Gasteiger partial charge on any atom is 0.320 e. The molecule has 0 fully saturated rings. The van der Waals surface area contributed by atoms with Crippen LogP contribution in [0.15, 0.2) is 12.2 Å². The lowest BCUT2D eigenvalue weighted by molar-refractivity contribution is -0.140. The summed E-state index contributed by atoms with van der Waals surface area (Å²) in [4.78, 5) is 43.0. The van der Waals surface area contributed by atoms with Gasteiger partial charge in [0.15, 0.2) is 11.6 Å². The molecule has 0 aliphatic heterocycles. The summed E-state index contributed by atoms with van der Waals surface area (Å²) < 4.78 is 0. The molecule has 0 rings (SSSR count). The highest BCUT2D eigenvalue weighted by Gasteiger charge is 2.16. The number of carboxylic acids is 2. The molecule has 2 atom stereocenters. The van der Waals surface area contributed by atoms with E-state index in [9.17, 15) is 19.2 Å². The molecule has 2 unspecified atom stereocenters. The molecule has 18 heavy (non-hydrogen) atoms. The first kappa shape index (κ1) is 15.9. The molecular weight excluding hydrogens is 244 g/mol. The molecule has 0 radical (unpaired) electrons. The number of allylic oxidation sites excluding steroid dienone is 2. The molecule has 0 aromatic heterocycles. The molecule has 0 amide bonds. The Labute approximate surface area is 102 Å². The number of aliphatic carboxylic acids is 2. The van der Waals surface area contributed by atoms with Gasteiger partial charge in [-0.3, -0.25) is 19.2 Å². The van der Waals surface area contributed by atoms with Gasteiger partial charge in [-0.2, -0.15) is 0 Å². The van der Waals surface area contributed by atoms with Gasteiger partial charge in [0.25, 0.3) is 0 Å². The molecule has 0 heterocycles. The Morgan fingerprint density at radius 3 is 1.33 bits per heavy atom. The number of carboxylic acid groups (broad SMARTS) is 2. The zero-order valence-electron chi connectivity index (χ0n) is 9.41. The molecule has 0 saturated heterocycles. The van der Waals surface area contributed by atoms with E-state index in [1.165, 1.54) is 0 Å². The van der Waals surface area contributed by atoms with E-state index in [1.54, 1.807) is 0 Å². The van der Waals surface area contributed by atoms with Crippen LogP contribution in [0.25, 0.3) is 0 Å². The Hall–Kier alpha value is -2.06. The molecule has 0 saturated carbocycles. The standard InChI is InChI=1S/C10H14N2O6/c11-7(9(15)16)3-5(13)1-2-6(14)4-8(12)10(17)18/h1-2,7-8H,3-4,11-12H2,(H,15,16)(H,17,18)/b2-1-. The number of nitrogens with two attached hydrogens (primary N) is 2. The van der Waals surface area contributed by atoms with Crippen molar-refractivity contribution in [2.75, 3.05) is 0 Å². The second-order valence-corrected chi connectivity index (χ2v) is 3.56. The molecule has 0 spiro atoms. The monoisotopic (exact) mass is 258 g/mol. The van der Waals surface area contributed by atoms with Crippen molar-refractivity contribution < 1.29 is 29.4 Å². The largest absolute Gasteiger partial charge is 0.480 e. The fourth-order valence-electron chi connectivity index (χ4n) is 0.930. The first-order valence-corrected chi connectivity index (χ1v) is 4.94. The van der Waals surface area contributed by atoms with E-state index < -0.39 is 48.4 Å². The quantitative estimate of drug-likeness (QED) is 0.374. The Morgan fingerprint density at radius 2 is 1.11 bits per heavy atom. The number of carbonyl (C=O) groups excluding carboxylic acids is 2. The van der Waals surface area contributed by atoms with E-state index in [-0.39, 0.29) is 0 Å². The molecule has 6 N–H and O–H groups in total. The maximum atomic E-state index is 11.2. The van der Waals surface area contributed by atoms with Crippen LogP contribution in [-0.2, 0) is 19.2 Å². The van der Waals surface area contributed by atoms with Crippen molar-refractivity contribution in [1.29, 1.82) is 0 Å². The van der Waals surface area contributed by atoms with Gasteiger partial charge in [0.05, 0.1) is 0 Å². The lowest BCUT2D eigenvalue weighted by Crippen LogP contribution is -2.32. The van der Waals surface area contributed by atoms with Crippen molar-refractivity contribution in [2.45, 2.75) is 24.9 Å². The average Bonchev–Trinajstić information content (AvgIpc) is 2.25. The molecule has 0 bridgehead atoms. The second-order valence-electron chi connectivity index (χ2n) is 3.56. The van der Waals surface area contributed by atoms with Gasteiger partial charge in [0.2, 0.25) is 0 Å². The van der Waals surface area contributed by atoms with E-state index in [0.29, 0.717) is 0 Å². The molecule has 0 aliphatic carbocycles. The topological polar surface area (TPSA) is 161 Å². The number of hydrogen-bond acceptors (Lipinski definition) is 6. The normalized spacial score (nSPS) is 14.1. The molecular formula is C10H14N2O6. The molecule has 0 aromatic carbocycles. The van der Waals surface area contributed by atoms with Crippen LogP contribution in [0.5, 0.6) is 0 Å². The van der Waals surface area contributed by atoms with Crippen LogP contribution < -0.4 is 11.5 Å². The van der Waals surface area contributed by atoms with Crippen molar-refractivity contribution in [3.05, 3.63) is 12.2 Å². The van der Waals surface area contributed by atoms with Gasteiger partial charge in [0.1, 0.15) is 12.1 Å². The Bertz CT molecular complexity index is 354. The van der Waals surface area contributed by atoms with E-state index in [1.807, 2.05) is 0 Å². The zero-order chi connectivity index (χ0) is 14.3. The summed E-state index contributed by atoms with van der Waals surface area (Å²) in [7, 11) is 0. The van der Waals surface area contributed by atoms with Crippen LogP contribution in [0.1, 0.15) is 12.8 Å². The van der Waals surface area contributed by atoms with Gasteiger partial charge in [0, 0.05) is 12.8 Å². The summed E-state index contributed by atoms with van der Waals surface area (Å²) in [5.41, 5.74) is 10.2. The van der Waals surface area contributed by atoms with Crippen LogP contribution in [-0.4, -0.2) is 45.8 Å². The van der Waals surface area contributed by atoms with Gasteiger partial charge in [-0.1, -0.05) is 0 Å². The van der Waals surface area contributed by atoms with E-state index in [2.05, 4.69) is 0 Å². The highest BCUT2D eigenvalue weighted by Crippen LogP contribution is 1.96. The summed E-state index contributed by atoms with van der Waals surface area (Å²) in [6.45, 7) is 0. The molecule has 8 heteroatoms. The second kappa shape index (κ2) is 7.30. The number of ketones is 2. The lowest BCUT2D eigenvalue weighted by atomic mass is 10.1. The third-order valence-electron chi connectivity index (χ3n) is 1.93. The van der Waals surface area contributed by atoms with E-state index in [0.717, 1.165) is 12.2 Å². The number of carbonyl (C=O) groups is 4. The fourth-order valence-corrected chi connectivity index (χ4v) is 0.930. The third kappa shape index (κ3) is 6.51. The van der Waals surface area contributed by atoms with Gasteiger partial charge >= 0.3 is 11.9 Å². The van der Waals surface area contributed by atoms with Gasteiger partial charge in [-0.05, 0) is 12.2 Å². The Kier molecular flexibility index (Phi) is 6.47. The smallest absolute Gasteiger partial charge is 0.320 e. The van der Waals surface area contributed by atoms with Crippen molar-refractivity contribution in [2.24, 2.45) is 11.5 Å². The average molecular weight is 258 g/mol. The van der Waals surface area contributed by atoms with E-state index >= 15 is 0 Å². The highest BCUT2D eigenvalue weighted by molar-refractivity contribution is 6.01. The van der Waals surface area contributed by atoms with Crippen LogP contribution >= 0.6 is 0 Å². The van der Waals surface area contributed by atoms with Crippen molar-refractivity contribution in [1.82, 2.24) is 0 Å². The molecule has 0 aromatic rings. The Balaban J connectivity index is 4.22.